The number of esters is 1. The maximum absolute atomic E-state index is 12.5. The molecule has 0 spiro atoms. The number of thioether (sulfide) groups is 1. The summed E-state index contributed by atoms with van der Waals surface area (Å²) in [6.45, 7) is 3.81. The van der Waals surface area contributed by atoms with Gasteiger partial charge in [-0.05, 0) is 44.2 Å². The van der Waals surface area contributed by atoms with Crippen molar-refractivity contribution in [1.82, 2.24) is 0 Å². The molecule has 0 saturated heterocycles. The second kappa shape index (κ2) is 9.47. The SMILES string of the molecule is CCOc1ccccc1NC(=O)[C@H](C)OC(=O)c1ccc2c(c1)NC(=O)CCS2. The highest BCUT2D eigenvalue weighted by Gasteiger charge is 2.22. The smallest absolute Gasteiger partial charge is 0.338 e. The molecule has 0 fully saturated rings. The third-order valence-corrected chi connectivity index (χ3v) is 5.25. The minimum Gasteiger partial charge on any atom is -0.492 e. The molecule has 2 amide bonds. The number of fused-ring (bicyclic) bond motifs is 1. The van der Waals surface area contributed by atoms with Crippen LogP contribution in [0.15, 0.2) is 47.4 Å². The molecule has 0 unspecified atom stereocenters. The summed E-state index contributed by atoms with van der Waals surface area (Å²) in [6.07, 6.45) is -0.598. The minimum absolute atomic E-state index is 0.0949. The summed E-state index contributed by atoms with van der Waals surface area (Å²) in [4.78, 5) is 37.6. The van der Waals surface area contributed by atoms with E-state index in [1.165, 1.54) is 6.92 Å². The lowest BCUT2D eigenvalue weighted by Gasteiger charge is -2.16. The molecule has 1 aliphatic heterocycles. The Hall–Kier alpha value is -3.00. The van der Waals surface area contributed by atoms with Crippen LogP contribution in [0.4, 0.5) is 11.4 Å². The Morgan fingerprint density at radius 1 is 1.24 bits per heavy atom. The summed E-state index contributed by atoms with van der Waals surface area (Å²) in [5.41, 5.74) is 1.35. The van der Waals surface area contributed by atoms with Crippen LogP contribution < -0.4 is 15.4 Å². The van der Waals surface area contributed by atoms with Crippen molar-refractivity contribution in [2.75, 3.05) is 23.0 Å². The molecule has 0 radical (unpaired) electrons. The van der Waals surface area contributed by atoms with Gasteiger partial charge >= 0.3 is 5.97 Å². The molecule has 2 N–H and O–H groups in total. The van der Waals surface area contributed by atoms with Gasteiger partial charge in [-0.15, -0.1) is 11.8 Å². The Labute approximate surface area is 173 Å². The van der Waals surface area contributed by atoms with Gasteiger partial charge in [-0.2, -0.15) is 0 Å². The van der Waals surface area contributed by atoms with E-state index in [2.05, 4.69) is 10.6 Å². The van der Waals surface area contributed by atoms with Crippen molar-refractivity contribution >= 4 is 40.9 Å². The van der Waals surface area contributed by atoms with E-state index in [1.807, 2.05) is 6.92 Å². The van der Waals surface area contributed by atoms with Crippen LogP contribution in [0.1, 0.15) is 30.6 Å². The Kier molecular flexibility index (Phi) is 6.77. The van der Waals surface area contributed by atoms with Crippen molar-refractivity contribution in [3.8, 4) is 5.75 Å². The second-order valence-electron chi connectivity index (χ2n) is 6.32. The molecule has 0 aliphatic carbocycles. The minimum atomic E-state index is -1.01. The first-order valence-electron chi connectivity index (χ1n) is 9.28. The standard InChI is InChI=1S/C21H22N2O5S/c1-3-27-17-7-5-4-6-15(17)23-20(25)13(2)28-21(26)14-8-9-18-16(12-14)22-19(24)10-11-29-18/h4-9,12-13H,3,10-11H2,1-2H3,(H,22,24)(H,23,25)/t13-/m0/s1. The first kappa shape index (κ1) is 20.7. The summed E-state index contributed by atoms with van der Waals surface area (Å²) in [6, 6.07) is 12.0. The molecule has 0 aromatic heterocycles. The number of benzene rings is 2. The highest BCUT2D eigenvalue weighted by Crippen LogP contribution is 2.31. The highest BCUT2D eigenvalue weighted by molar-refractivity contribution is 7.99. The molecule has 3 rings (SSSR count). The van der Waals surface area contributed by atoms with Gasteiger partial charge < -0.3 is 20.1 Å². The van der Waals surface area contributed by atoms with Crippen LogP contribution in [0.25, 0.3) is 0 Å². The van der Waals surface area contributed by atoms with Crippen LogP contribution in [0.2, 0.25) is 0 Å². The van der Waals surface area contributed by atoms with E-state index >= 15 is 0 Å². The zero-order valence-corrected chi connectivity index (χ0v) is 17.0. The van der Waals surface area contributed by atoms with Crippen LogP contribution in [-0.2, 0) is 14.3 Å². The van der Waals surface area contributed by atoms with E-state index in [1.54, 1.807) is 54.2 Å². The van der Waals surface area contributed by atoms with Crippen LogP contribution in [-0.4, -0.2) is 36.2 Å². The van der Waals surface area contributed by atoms with E-state index < -0.39 is 18.0 Å². The number of para-hydroxylation sites is 2. The van der Waals surface area contributed by atoms with Gasteiger partial charge in [0, 0.05) is 17.1 Å². The molecular weight excluding hydrogens is 392 g/mol. The first-order valence-corrected chi connectivity index (χ1v) is 10.3. The van der Waals surface area contributed by atoms with Gasteiger partial charge in [-0.3, -0.25) is 9.59 Å². The topological polar surface area (TPSA) is 93.7 Å². The van der Waals surface area contributed by atoms with Gasteiger partial charge in [-0.1, -0.05) is 12.1 Å². The van der Waals surface area contributed by atoms with Crippen molar-refractivity contribution in [3.05, 3.63) is 48.0 Å². The van der Waals surface area contributed by atoms with Crippen molar-refractivity contribution in [1.29, 1.82) is 0 Å². The van der Waals surface area contributed by atoms with Gasteiger partial charge in [0.25, 0.3) is 5.91 Å². The van der Waals surface area contributed by atoms with Crippen LogP contribution >= 0.6 is 11.8 Å². The van der Waals surface area contributed by atoms with Crippen molar-refractivity contribution < 1.29 is 23.9 Å². The van der Waals surface area contributed by atoms with E-state index in [0.29, 0.717) is 35.9 Å². The van der Waals surface area contributed by atoms with Gasteiger partial charge in [0.2, 0.25) is 5.91 Å². The zero-order chi connectivity index (χ0) is 20.8. The fourth-order valence-corrected chi connectivity index (χ4v) is 3.65. The molecule has 29 heavy (non-hydrogen) atoms. The van der Waals surface area contributed by atoms with E-state index in [-0.39, 0.29) is 11.5 Å². The number of carbonyl (C=O) groups is 3. The zero-order valence-electron chi connectivity index (χ0n) is 16.2. The molecule has 7 nitrogen and oxygen atoms in total. The Balaban J connectivity index is 1.66. The third-order valence-electron chi connectivity index (χ3n) is 4.17. The molecular formula is C21H22N2O5S. The lowest BCUT2D eigenvalue weighted by molar-refractivity contribution is -0.123. The summed E-state index contributed by atoms with van der Waals surface area (Å²) in [5.74, 6) is 0.0211. The van der Waals surface area contributed by atoms with Crippen molar-refractivity contribution in [2.45, 2.75) is 31.3 Å². The lowest BCUT2D eigenvalue weighted by Crippen LogP contribution is -2.30. The number of nitrogens with one attached hydrogen (secondary N) is 2. The van der Waals surface area contributed by atoms with Gasteiger partial charge in [-0.25, -0.2) is 4.79 Å². The monoisotopic (exact) mass is 414 g/mol. The molecule has 2 aromatic carbocycles. The van der Waals surface area contributed by atoms with E-state index in [0.717, 1.165) is 4.90 Å². The maximum Gasteiger partial charge on any atom is 0.338 e. The molecule has 1 aliphatic rings. The fraction of sp³-hybridized carbons (Fsp3) is 0.286. The summed E-state index contributed by atoms with van der Waals surface area (Å²) < 4.78 is 10.8. The van der Waals surface area contributed by atoms with Crippen LogP contribution in [0, 0.1) is 0 Å². The Morgan fingerprint density at radius 2 is 2.03 bits per heavy atom. The molecule has 1 heterocycles. The Morgan fingerprint density at radius 3 is 2.83 bits per heavy atom. The largest absolute Gasteiger partial charge is 0.492 e. The average Bonchev–Trinajstić information content (AvgIpc) is 2.89. The van der Waals surface area contributed by atoms with Gasteiger partial charge in [0.1, 0.15) is 5.75 Å². The highest BCUT2D eigenvalue weighted by atomic mass is 32.2. The average molecular weight is 414 g/mol. The number of rotatable bonds is 6. The van der Waals surface area contributed by atoms with Crippen LogP contribution in [0.3, 0.4) is 0 Å². The number of ether oxygens (including phenoxy) is 2. The predicted molar refractivity (Wildman–Crippen MR) is 112 cm³/mol. The number of anilines is 2. The molecule has 0 saturated carbocycles. The summed E-state index contributed by atoms with van der Waals surface area (Å²) in [7, 11) is 0. The molecule has 8 heteroatoms. The molecule has 0 bridgehead atoms. The van der Waals surface area contributed by atoms with E-state index in [4.69, 9.17) is 9.47 Å². The summed E-state index contributed by atoms with van der Waals surface area (Å²) >= 11 is 1.55. The number of hydrogen-bond donors (Lipinski definition) is 2. The number of carbonyl (C=O) groups excluding carboxylic acids is 3. The molecule has 152 valence electrons. The van der Waals surface area contributed by atoms with Gasteiger partial charge in [0.15, 0.2) is 6.10 Å². The van der Waals surface area contributed by atoms with Gasteiger partial charge in [0.05, 0.1) is 23.5 Å². The maximum atomic E-state index is 12.5. The first-order chi connectivity index (χ1) is 14.0. The second-order valence-corrected chi connectivity index (χ2v) is 7.46. The lowest BCUT2D eigenvalue weighted by atomic mass is 10.2. The molecule has 1 atom stereocenters. The summed E-state index contributed by atoms with van der Waals surface area (Å²) in [5, 5.41) is 5.50. The quantitative estimate of drug-likeness (QED) is 0.700. The van der Waals surface area contributed by atoms with Crippen molar-refractivity contribution in [3.63, 3.8) is 0 Å². The normalized spacial score (nSPS) is 14.1. The van der Waals surface area contributed by atoms with Crippen LogP contribution in [0.5, 0.6) is 5.75 Å². The number of hydrogen-bond acceptors (Lipinski definition) is 6. The number of amides is 2. The third kappa shape index (κ3) is 5.29. The molecule has 2 aromatic rings. The van der Waals surface area contributed by atoms with E-state index in [9.17, 15) is 14.4 Å². The van der Waals surface area contributed by atoms with Crippen molar-refractivity contribution in [2.24, 2.45) is 0 Å². The Bertz CT molecular complexity index is 931. The fourth-order valence-electron chi connectivity index (χ4n) is 2.71. The predicted octanol–water partition coefficient (Wildman–Crippen LogP) is 3.70.